The van der Waals surface area contributed by atoms with Crippen molar-refractivity contribution in [2.24, 2.45) is 0 Å². The van der Waals surface area contributed by atoms with Gasteiger partial charge in [0, 0.05) is 24.8 Å². The Labute approximate surface area is 170 Å². The Morgan fingerprint density at radius 1 is 1.00 bits per heavy atom. The number of rotatable bonds is 6. The van der Waals surface area contributed by atoms with Gasteiger partial charge in [-0.1, -0.05) is 30.3 Å². The quantitative estimate of drug-likeness (QED) is 0.691. The third-order valence-corrected chi connectivity index (χ3v) is 5.13. The van der Waals surface area contributed by atoms with Crippen LogP contribution in [0.1, 0.15) is 18.4 Å². The molecular formula is C23H25N3O3. The molecule has 29 heavy (non-hydrogen) atoms. The Morgan fingerprint density at radius 2 is 1.72 bits per heavy atom. The number of aliphatic hydroxyl groups is 1. The van der Waals surface area contributed by atoms with Crippen LogP contribution in [0.5, 0.6) is 11.5 Å². The van der Waals surface area contributed by atoms with Crippen LogP contribution in [0, 0.1) is 0 Å². The number of aromatic nitrogens is 2. The summed E-state index contributed by atoms with van der Waals surface area (Å²) in [6.45, 7) is 1.98. The van der Waals surface area contributed by atoms with Crippen molar-refractivity contribution in [3.63, 3.8) is 0 Å². The molecule has 1 saturated heterocycles. The number of hydrogen-bond acceptors (Lipinski definition) is 6. The molecule has 1 aliphatic heterocycles. The maximum atomic E-state index is 9.75. The van der Waals surface area contributed by atoms with E-state index in [-0.39, 0.29) is 6.10 Å². The number of aliphatic hydroxyl groups excluding tert-OH is 1. The molecule has 1 aliphatic rings. The molecule has 2 heterocycles. The fourth-order valence-corrected chi connectivity index (χ4v) is 3.50. The fraction of sp³-hybridized carbons (Fsp3) is 0.304. The van der Waals surface area contributed by atoms with Gasteiger partial charge in [0.2, 0.25) is 0 Å². The topological polar surface area (TPSA) is 67.7 Å². The van der Waals surface area contributed by atoms with Crippen molar-refractivity contribution in [1.82, 2.24) is 9.97 Å². The number of anilines is 1. The second-order valence-electron chi connectivity index (χ2n) is 7.05. The van der Waals surface area contributed by atoms with E-state index in [2.05, 4.69) is 9.88 Å². The molecule has 1 fully saturated rings. The van der Waals surface area contributed by atoms with Gasteiger partial charge in [0.1, 0.15) is 23.9 Å². The van der Waals surface area contributed by atoms with E-state index in [0.717, 1.165) is 54.4 Å². The van der Waals surface area contributed by atoms with Crippen LogP contribution in [0.15, 0.2) is 60.8 Å². The normalized spacial score (nSPS) is 14.6. The first-order valence-corrected chi connectivity index (χ1v) is 9.85. The lowest BCUT2D eigenvalue weighted by atomic mass is 10.1. The van der Waals surface area contributed by atoms with Crippen LogP contribution in [-0.4, -0.2) is 41.4 Å². The van der Waals surface area contributed by atoms with E-state index in [0.29, 0.717) is 12.4 Å². The maximum Gasteiger partial charge on any atom is 0.165 e. The van der Waals surface area contributed by atoms with E-state index in [1.807, 2.05) is 54.6 Å². The summed E-state index contributed by atoms with van der Waals surface area (Å²) in [5, 5.41) is 9.75. The molecule has 0 atom stereocenters. The van der Waals surface area contributed by atoms with Crippen LogP contribution in [0.3, 0.4) is 0 Å². The van der Waals surface area contributed by atoms with Gasteiger partial charge >= 0.3 is 0 Å². The number of methoxy groups -OCH3 is 1. The van der Waals surface area contributed by atoms with Crippen molar-refractivity contribution in [3.05, 3.63) is 66.4 Å². The Kier molecular flexibility index (Phi) is 5.91. The van der Waals surface area contributed by atoms with Crippen LogP contribution < -0.4 is 14.4 Å². The van der Waals surface area contributed by atoms with E-state index in [1.165, 1.54) is 0 Å². The highest BCUT2D eigenvalue weighted by Gasteiger charge is 2.19. The van der Waals surface area contributed by atoms with E-state index < -0.39 is 0 Å². The lowest BCUT2D eigenvalue weighted by Crippen LogP contribution is -2.36. The molecule has 0 spiro atoms. The minimum Gasteiger partial charge on any atom is -0.496 e. The van der Waals surface area contributed by atoms with Gasteiger partial charge in [-0.05, 0) is 37.1 Å². The number of piperidine rings is 1. The molecule has 1 aromatic heterocycles. The summed E-state index contributed by atoms with van der Waals surface area (Å²) < 4.78 is 11.5. The largest absolute Gasteiger partial charge is 0.496 e. The van der Waals surface area contributed by atoms with Crippen molar-refractivity contribution < 1.29 is 14.6 Å². The molecule has 0 radical (unpaired) electrons. The molecule has 6 heteroatoms. The van der Waals surface area contributed by atoms with Crippen LogP contribution in [-0.2, 0) is 6.61 Å². The van der Waals surface area contributed by atoms with Gasteiger partial charge < -0.3 is 19.5 Å². The molecule has 150 valence electrons. The highest BCUT2D eigenvalue weighted by molar-refractivity contribution is 5.65. The SMILES string of the molecule is COc1ccccc1COc1ccccc1-c1nccc(N2CCC(O)CC2)n1. The second-order valence-corrected chi connectivity index (χ2v) is 7.05. The first-order valence-electron chi connectivity index (χ1n) is 9.85. The summed E-state index contributed by atoms with van der Waals surface area (Å²) in [5.74, 6) is 3.03. The Balaban J connectivity index is 1.56. The monoisotopic (exact) mass is 391 g/mol. The molecule has 0 bridgehead atoms. The molecule has 0 amide bonds. The zero-order valence-electron chi connectivity index (χ0n) is 16.5. The van der Waals surface area contributed by atoms with Crippen LogP contribution in [0.2, 0.25) is 0 Å². The summed E-state index contributed by atoms with van der Waals surface area (Å²) in [7, 11) is 1.66. The van der Waals surface area contributed by atoms with Crippen molar-refractivity contribution >= 4 is 5.82 Å². The van der Waals surface area contributed by atoms with Gasteiger partial charge in [0.15, 0.2) is 5.82 Å². The predicted molar refractivity (Wildman–Crippen MR) is 112 cm³/mol. The predicted octanol–water partition coefficient (Wildman–Crippen LogP) is 3.69. The molecule has 4 rings (SSSR count). The zero-order valence-corrected chi connectivity index (χ0v) is 16.5. The molecule has 6 nitrogen and oxygen atoms in total. The van der Waals surface area contributed by atoms with Crippen molar-refractivity contribution in [1.29, 1.82) is 0 Å². The standard InChI is InChI=1S/C23H25N3O3/c1-28-20-8-4-2-6-17(20)16-29-21-9-5-3-7-19(21)23-24-13-10-22(25-23)26-14-11-18(27)12-15-26/h2-10,13,18,27H,11-12,14-16H2,1H3. The molecule has 2 aromatic carbocycles. The van der Waals surface area contributed by atoms with E-state index >= 15 is 0 Å². The summed E-state index contributed by atoms with van der Waals surface area (Å²) in [6, 6.07) is 17.5. The third kappa shape index (κ3) is 4.49. The second kappa shape index (κ2) is 8.92. The lowest BCUT2D eigenvalue weighted by molar-refractivity contribution is 0.145. The van der Waals surface area contributed by atoms with Crippen LogP contribution in [0.25, 0.3) is 11.4 Å². The summed E-state index contributed by atoms with van der Waals surface area (Å²) >= 11 is 0. The number of nitrogens with zero attached hydrogens (tertiary/aromatic N) is 3. The number of benzene rings is 2. The summed E-state index contributed by atoms with van der Waals surface area (Å²) in [6.07, 6.45) is 3.09. The molecule has 1 N–H and O–H groups in total. The first-order chi connectivity index (χ1) is 14.2. The van der Waals surface area contributed by atoms with Crippen LogP contribution in [0.4, 0.5) is 5.82 Å². The molecule has 3 aromatic rings. The number of hydrogen-bond donors (Lipinski definition) is 1. The number of ether oxygens (including phenoxy) is 2. The highest BCUT2D eigenvalue weighted by atomic mass is 16.5. The van der Waals surface area contributed by atoms with Gasteiger partial charge in [-0.25, -0.2) is 9.97 Å². The maximum absolute atomic E-state index is 9.75. The Hall–Kier alpha value is -3.12. The van der Waals surface area contributed by atoms with Crippen molar-refractivity contribution in [3.8, 4) is 22.9 Å². The average Bonchev–Trinajstić information content (AvgIpc) is 2.78. The van der Waals surface area contributed by atoms with Crippen molar-refractivity contribution in [2.75, 3.05) is 25.1 Å². The molecule has 0 saturated carbocycles. The van der Waals surface area contributed by atoms with E-state index in [1.54, 1.807) is 13.3 Å². The zero-order chi connectivity index (χ0) is 20.1. The fourth-order valence-electron chi connectivity index (χ4n) is 3.50. The minimum absolute atomic E-state index is 0.211. The van der Waals surface area contributed by atoms with E-state index in [9.17, 15) is 5.11 Å². The van der Waals surface area contributed by atoms with Gasteiger partial charge in [0.25, 0.3) is 0 Å². The van der Waals surface area contributed by atoms with Gasteiger partial charge in [0.05, 0.1) is 18.8 Å². The summed E-state index contributed by atoms with van der Waals surface area (Å²) in [5.41, 5.74) is 1.83. The molecular weight excluding hydrogens is 366 g/mol. The third-order valence-electron chi connectivity index (χ3n) is 5.13. The lowest BCUT2D eigenvalue weighted by Gasteiger charge is -2.30. The number of para-hydroxylation sites is 2. The molecule has 0 aliphatic carbocycles. The van der Waals surface area contributed by atoms with E-state index in [4.69, 9.17) is 14.5 Å². The van der Waals surface area contributed by atoms with Gasteiger partial charge in [-0.3, -0.25) is 0 Å². The summed E-state index contributed by atoms with van der Waals surface area (Å²) in [4.78, 5) is 11.4. The van der Waals surface area contributed by atoms with Gasteiger partial charge in [-0.2, -0.15) is 0 Å². The Bertz CT molecular complexity index is 955. The smallest absolute Gasteiger partial charge is 0.165 e. The van der Waals surface area contributed by atoms with Crippen molar-refractivity contribution in [2.45, 2.75) is 25.6 Å². The Morgan fingerprint density at radius 3 is 2.52 bits per heavy atom. The average molecular weight is 391 g/mol. The minimum atomic E-state index is -0.211. The first kappa shape index (κ1) is 19.2. The highest BCUT2D eigenvalue weighted by Crippen LogP contribution is 2.30. The van der Waals surface area contributed by atoms with Crippen LogP contribution >= 0.6 is 0 Å². The molecule has 0 unspecified atom stereocenters. The van der Waals surface area contributed by atoms with Gasteiger partial charge in [-0.15, -0.1) is 0 Å².